The molecule has 2 amide bonds. The number of ether oxygens (including phenoxy) is 2. The van der Waals surface area contributed by atoms with E-state index in [1.807, 2.05) is 81.4 Å². The predicted octanol–water partition coefficient (Wildman–Crippen LogP) is 5.42. The molecule has 0 atom stereocenters. The first-order valence-electron chi connectivity index (χ1n) is 10.6. The molecule has 0 aliphatic carbocycles. The number of amides is 2. The highest BCUT2D eigenvalue weighted by molar-refractivity contribution is 5.99. The molecule has 32 heavy (non-hydrogen) atoms. The lowest BCUT2D eigenvalue weighted by Gasteiger charge is -2.20. The van der Waals surface area contributed by atoms with E-state index in [0.717, 1.165) is 28.0 Å². The monoisotopic (exact) mass is 427 g/mol. The molecular weight excluding hydrogens is 402 g/mol. The Bertz CT molecular complexity index is 1150. The minimum absolute atomic E-state index is 0.245. The number of hydrogen-bond acceptors (Lipinski definition) is 4. The average molecular weight is 428 g/mol. The van der Waals surface area contributed by atoms with Crippen LogP contribution in [0.5, 0.6) is 11.5 Å². The summed E-state index contributed by atoms with van der Waals surface area (Å²) in [4.78, 5) is 13.2. The smallest absolute Gasteiger partial charge is 0.340 e. The maximum Gasteiger partial charge on any atom is 0.340 e. The highest BCUT2D eigenvalue weighted by atomic mass is 16.7. The van der Waals surface area contributed by atoms with Crippen LogP contribution >= 0.6 is 0 Å². The van der Waals surface area contributed by atoms with E-state index >= 15 is 0 Å². The van der Waals surface area contributed by atoms with Crippen LogP contribution in [-0.4, -0.2) is 23.4 Å². The van der Waals surface area contributed by atoms with Gasteiger partial charge in [-0.25, -0.2) is 9.80 Å². The average Bonchev–Trinajstić information content (AvgIpc) is 3.35. The standard InChI is InChI=1S/C26H25N3O3/c1-17-14-22-23(32-26(2,3)31-22)15-21(17)27-25(30)29-16-20(18-10-6-4-7-11-18)24(28-29)19-12-8-5-9-13-19/h4-15,28H,16H2,1-3H3,(H,27,30). The van der Waals surface area contributed by atoms with Crippen LogP contribution in [0.15, 0.2) is 72.8 Å². The Morgan fingerprint density at radius 2 is 1.53 bits per heavy atom. The zero-order chi connectivity index (χ0) is 22.3. The van der Waals surface area contributed by atoms with E-state index in [9.17, 15) is 4.79 Å². The summed E-state index contributed by atoms with van der Waals surface area (Å²) < 4.78 is 11.6. The van der Waals surface area contributed by atoms with Crippen molar-refractivity contribution >= 4 is 23.0 Å². The maximum atomic E-state index is 13.2. The molecule has 0 radical (unpaired) electrons. The molecule has 0 spiro atoms. The summed E-state index contributed by atoms with van der Waals surface area (Å²) in [5.74, 6) is 0.593. The van der Waals surface area contributed by atoms with Crippen molar-refractivity contribution in [1.82, 2.24) is 10.4 Å². The molecule has 0 saturated carbocycles. The van der Waals surface area contributed by atoms with Crippen molar-refractivity contribution < 1.29 is 14.3 Å². The summed E-state index contributed by atoms with van der Waals surface area (Å²) in [7, 11) is 0. The molecule has 2 N–H and O–H groups in total. The summed E-state index contributed by atoms with van der Waals surface area (Å²) in [5, 5.41) is 4.61. The Kier molecular flexibility index (Phi) is 4.78. The van der Waals surface area contributed by atoms with E-state index in [-0.39, 0.29) is 6.03 Å². The molecule has 6 heteroatoms. The number of fused-ring (bicyclic) bond motifs is 1. The quantitative estimate of drug-likeness (QED) is 0.586. The number of hydrogen-bond donors (Lipinski definition) is 2. The van der Waals surface area contributed by atoms with Gasteiger partial charge in [0.15, 0.2) is 11.5 Å². The van der Waals surface area contributed by atoms with Crippen LogP contribution in [0.1, 0.15) is 30.5 Å². The number of carbonyl (C=O) groups excluding carboxylic acids is 1. The second-order valence-electron chi connectivity index (χ2n) is 8.43. The van der Waals surface area contributed by atoms with Gasteiger partial charge in [-0.2, -0.15) is 0 Å². The molecule has 0 unspecified atom stereocenters. The molecule has 2 heterocycles. The Balaban J connectivity index is 1.40. The van der Waals surface area contributed by atoms with Gasteiger partial charge in [-0.15, -0.1) is 0 Å². The van der Waals surface area contributed by atoms with Crippen molar-refractivity contribution in [2.45, 2.75) is 26.6 Å². The highest BCUT2D eigenvalue weighted by Crippen LogP contribution is 2.42. The van der Waals surface area contributed by atoms with E-state index in [1.165, 1.54) is 0 Å². The van der Waals surface area contributed by atoms with E-state index in [4.69, 9.17) is 9.47 Å². The number of carbonyl (C=O) groups is 1. The molecule has 3 aromatic rings. The van der Waals surface area contributed by atoms with Gasteiger partial charge >= 0.3 is 6.03 Å². The third kappa shape index (κ3) is 3.75. The Hall–Kier alpha value is -3.93. The van der Waals surface area contributed by atoms with E-state index in [1.54, 1.807) is 5.01 Å². The van der Waals surface area contributed by atoms with Gasteiger partial charge < -0.3 is 14.8 Å². The minimum atomic E-state index is -0.715. The SMILES string of the molecule is Cc1cc2c(cc1NC(=O)N1CC(c3ccccc3)=C(c3ccccc3)N1)OC(C)(C)O2. The summed E-state index contributed by atoms with van der Waals surface area (Å²) in [6.45, 7) is 6.09. The number of rotatable bonds is 3. The van der Waals surface area contributed by atoms with Gasteiger partial charge in [0.1, 0.15) is 0 Å². The molecule has 0 saturated heterocycles. The van der Waals surface area contributed by atoms with Crippen molar-refractivity contribution in [2.24, 2.45) is 0 Å². The second-order valence-corrected chi connectivity index (χ2v) is 8.43. The van der Waals surface area contributed by atoms with Gasteiger partial charge in [0.2, 0.25) is 5.79 Å². The Labute approximate surface area is 187 Å². The number of urea groups is 1. The lowest BCUT2D eigenvalue weighted by molar-refractivity contribution is -0.0431. The Morgan fingerprint density at radius 3 is 2.19 bits per heavy atom. The van der Waals surface area contributed by atoms with Crippen LogP contribution < -0.4 is 20.2 Å². The first-order chi connectivity index (χ1) is 15.4. The van der Waals surface area contributed by atoms with Crippen LogP contribution in [0.25, 0.3) is 11.3 Å². The van der Waals surface area contributed by atoms with Gasteiger partial charge in [0, 0.05) is 31.2 Å². The van der Waals surface area contributed by atoms with Crippen LogP contribution in [0.4, 0.5) is 10.5 Å². The fourth-order valence-corrected chi connectivity index (χ4v) is 4.01. The summed E-state index contributed by atoms with van der Waals surface area (Å²) >= 11 is 0. The molecule has 3 aromatic carbocycles. The topological polar surface area (TPSA) is 62.8 Å². The number of hydrazine groups is 1. The third-order valence-corrected chi connectivity index (χ3v) is 5.54. The third-order valence-electron chi connectivity index (χ3n) is 5.54. The fourth-order valence-electron chi connectivity index (χ4n) is 4.01. The van der Waals surface area contributed by atoms with Crippen molar-refractivity contribution in [3.05, 3.63) is 89.5 Å². The summed E-state index contributed by atoms with van der Waals surface area (Å²) in [6, 6.07) is 23.6. The molecule has 2 aliphatic heterocycles. The van der Waals surface area contributed by atoms with Crippen LogP contribution in [0.2, 0.25) is 0 Å². The van der Waals surface area contributed by atoms with Gasteiger partial charge in [0.25, 0.3) is 0 Å². The zero-order valence-corrected chi connectivity index (χ0v) is 18.3. The van der Waals surface area contributed by atoms with Crippen LogP contribution in [-0.2, 0) is 0 Å². The van der Waals surface area contributed by atoms with Crippen LogP contribution in [0.3, 0.4) is 0 Å². The van der Waals surface area contributed by atoms with Crippen LogP contribution in [0, 0.1) is 6.92 Å². The number of benzene rings is 3. The van der Waals surface area contributed by atoms with E-state index < -0.39 is 5.79 Å². The molecule has 0 aromatic heterocycles. The lowest BCUT2D eigenvalue weighted by atomic mass is 10.0. The van der Waals surface area contributed by atoms with Gasteiger partial charge in [-0.1, -0.05) is 60.7 Å². The van der Waals surface area contributed by atoms with Crippen molar-refractivity contribution in [3.63, 3.8) is 0 Å². The summed E-state index contributed by atoms with van der Waals surface area (Å²) in [6.07, 6.45) is 0. The number of aryl methyl sites for hydroxylation is 1. The molecule has 6 nitrogen and oxygen atoms in total. The summed E-state index contributed by atoms with van der Waals surface area (Å²) in [5.41, 5.74) is 8.99. The van der Waals surface area contributed by atoms with Gasteiger partial charge in [-0.05, 0) is 29.7 Å². The maximum absolute atomic E-state index is 13.2. The largest absolute Gasteiger partial charge is 0.449 e. The molecule has 5 rings (SSSR count). The molecular formula is C26H25N3O3. The molecule has 0 fully saturated rings. The fraction of sp³-hybridized carbons (Fsp3) is 0.192. The first-order valence-corrected chi connectivity index (χ1v) is 10.6. The molecule has 0 bridgehead atoms. The van der Waals surface area contributed by atoms with E-state index in [0.29, 0.717) is 23.7 Å². The minimum Gasteiger partial charge on any atom is -0.449 e. The number of nitrogens with zero attached hydrogens (tertiary/aromatic N) is 1. The van der Waals surface area contributed by atoms with Gasteiger partial charge in [0.05, 0.1) is 12.2 Å². The van der Waals surface area contributed by atoms with Crippen molar-refractivity contribution in [2.75, 3.05) is 11.9 Å². The molecule has 2 aliphatic rings. The second kappa shape index (κ2) is 7.64. The number of anilines is 1. The van der Waals surface area contributed by atoms with Crippen molar-refractivity contribution in [1.29, 1.82) is 0 Å². The normalized spacial score (nSPS) is 16.2. The van der Waals surface area contributed by atoms with E-state index in [2.05, 4.69) is 22.9 Å². The first kappa shape index (κ1) is 20.0. The molecule has 162 valence electrons. The Morgan fingerprint density at radius 1 is 0.938 bits per heavy atom. The predicted molar refractivity (Wildman–Crippen MR) is 125 cm³/mol. The number of nitrogens with one attached hydrogen (secondary N) is 2. The van der Waals surface area contributed by atoms with Crippen molar-refractivity contribution in [3.8, 4) is 11.5 Å². The highest BCUT2D eigenvalue weighted by Gasteiger charge is 2.33. The zero-order valence-electron chi connectivity index (χ0n) is 18.3. The lowest BCUT2D eigenvalue weighted by Crippen LogP contribution is -2.40. The van der Waals surface area contributed by atoms with Gasteiger partial charge in [-0.3, -0.25) is 5.43 Å².